The Morgan fingerprint density at radius 2 is 2.36 bits per heavy atom. The molecule has 22 heavy (non-hydrogen) atoms. The van der Waals surface area contributed by atoms with E-state index in [2.05, 4.69) is 21.8 Å². The Bertz CT molecular complexity index is 669. The molecule has 0 saturated carbocycles. The van der Waals surface area contributed by atoms with Crippen LogP contribution in [-0.2, 0) is 4.74 Å². The molecule has 9 nitrogen and oxygen atoms in total. The number of alkyl halides is 1. The van der Waals surface area contributed by atoms with Crippen molar-refractivity contribution in [3.05, 3.63) is 16.8 Å². The van der Waals surface area contributed by atoms with Gasteiger partial charge < -0.3 is 26.4 Å². The van der Waals surface area contributed by atoms with Crippen molar-refractivity contribution in [3.63, 3.8) is 0 Å². The van der Waals surface area contributed by atoms with Crippen LogP contribution >= 0.6 is 0 Å². The minimum absolute atomic E-state index is 0.246. The van der Waals surface area contributed by atoms with E-state index in [4.69, 9.17) is 16.2 Å². The lowest BCUT2D eigenvalue weighted by molar-refractivity contribution is -0.0781. The molecule has 0 radical (unpaired) electrons. The van der Waals surface area contributed by atoms with E-state index in [-0.39, 0.29) is 5.95 Å². The maximum absolute atomic E-state index is 12.4. The number of nitrogens with two attached hydrogens (primary N) is 2. The fraction of sp³-hybridized carbons (Fsp3) is 0.583. The van der Waals surface area contributed by atoms with Crippen molar-refractivity contribution in [1.82, 2.24) is 14.5 Å². The van der Waals surface area contributed by atoms with Gasteiger partial charge >= 0.3 is 5.69 Å². The first-order chi connectivity index (χ1) is 10.3. The van der Waals surface area contributed by atoms with E-state index in [1.807, 2.05) is 0 Å². The van der Waals surface area contributed by atoms with Gasteiger partial charge in [0.15, 0.2) is 11.8 Å². The fourth-order valence-corrected chi connectivity index (χ4v) is 2.27. The van der Waals surface area contributed by atoms with Crippen LogP contribution < -0.4 is 17.2 Å². The average Bonchev–Trinajstić information content (AvgIpc) is 2.70. The molecule has 0 spiro atoms. The van der Waals surface area contributed by atoms with Crippen LogP contribution in [0.5, 0.6) is 0 Å². The molecule has 0 amide bonds. The lowest BCUT2D eigenvalue weighted by atomic mass is 9.90. The second kappa shape index (κ2) is 5.98. The van der Waals surface area contributed by atoms with Gasteiger partial charge in [0, 0.05) is 0 Å². The molecule has 0 aliphatic carbocycles. The van der Waals surface area contributed by atoms with Crippen molar-refractivity contribution < 1.29 is 19.3 Å². The second-order valence-corrected chi connectivity index (χ2v) is 4.91. The molecule has 1 aliphatic heterocycles. The summed E-state index contributed by atoms with van der Waals surface area (Å²) in [4.78, 5) is 19.0. The lowest BCUT2D eigenvalue weighted by Crippen LogP contribution is -2.55. The van der Waals surface area contributed by atoms with Crippen molar-refractivity contribution in [2.45, 2.75) is 37.0 Å². The van der Waals surface area contributed by atoms with Gasteiger partial charge in [-0.3, -0.25) is 4.57 Å². The summed E-state index contributed by atoms with van der Waals surface area (Å²) < 4.78 is 18.7. The predicted molar refractivity (Wildman–Crippen MR) is 73.0 cm³/mol. The Morgan fingerprint density at radius 3 is 2.91 bits per heavy atom. The SMILES string of the molecule is C[C@H](O)[C@H]1O[C@@H](n2cnc(N)nc2=O)[C@@](N)(C#CCF)C1O. The monoisotopic (exact) mass is 313 g/mol. The lowest BCUT2D eigenvalue weighted by Gasteiger charge is -2.27. The van der Waals surface area contributed by atoms with Crippen LogP contribution in [0.25, 0.3) is 0 Å². The summed E-state index contributed by atoms with van der Waals surface area (Å²) in [6, 6.07) is 0. The van der Waals surface area contributed by atoms with Crippen LogP contribution in [0.1, 0.15) is 13.2 Å². The maximum atomic E-state index is 12.4. The van der Waals surface area contributed by atoms with Crippen LogP contribution in [-0.4, -0.2) is 55.3 Å². The van der Waals surface area contributed by atoms with E-state index in [1.165, 1.54) is 6.92 Å². The molecule has 5 atom stereocenters. The van der Waals surface area contributed by atoms with Crippen LogP contribution in [0, 0.1) is 11.8 Å². The number of nitrogens with zero attached hydrogens (tertiary/aromatic N) is 3. The number of nitrogen functional groups attached to an aromatic ring is 1. The number of hydrogen-bond acceptors (Lipinski definition) is 8. The smallest absolute Gasteiger partial charge is 0.354 e. The molecule has 0 bridgehead atoms. The van der Waals surface area contributed by atoms with Crippen LogP contribution in [0.2, 0.25) is 0 Å². The molecular formula is C12H16FN5O4. The molecule has 2 rings (SSSR count). The minimum Gasteiger partial charge on any atom is -0.391 e. The molecule has 1 aromatic heterocycles. The second-order valence-electron chi connectivity index (χ2n) is 4.91. The Hall–Kier alpha value is -2.06. The number of hydrogen-bond donors (Lipinski definition) is 4. The van der Waals surface area contributed by atoms with Gasteiger partial charge in [0.05, 0.1) is 6.10 Å². The van der Waals surface area contributed by atoms with Crippen LogP contribution in [0.3, 0.4) is 0 Å². The molecule has 1 aliphatic rings. The van der Waals surface area contributed by atoms with Gasteiger partial charge in [-0.25, -0.2) is 14.2 Å². The van der Waals surface area contributed by atoms with Crippen molar-refractivity contribution in [3.8, 4) is 11.8 Å². The Labute approximate surface area is 124 Å². The number of aromatic nitrogens is 3. The maximum Gasteiger partial charge on any atom is 0.354 e. The van der Waals surface area contributed by atoms with E-state index in [9.17, 15) is 19.4 Å². The molecule has 10 heteroatoms. The molecule has 6 N–H and O–H groups in total. The number of aliphatic hydroxyl groups is 2. The first-order valence-corrected chi connectivity index (χ1v) is 6.38. The summed E-state index contributed by atoms with van der Waals surface area (Å²) in [6.45, 7) is 0.381. The van der Waals surface area contributed by atoms with E-state index in [1.54, 1.807) is 0 Å². The summed E-state index contributed by atoms with van der Waals surface area (Å²) in [6.07, 6.45) is -3.95. The van der Waals surface area contributed by atoms with E-state index >= 15 is 0 Å². The number of halogens is 1. The van der Waals surface area contributed by atoms with Gasteiger partial charge in [-0.15, -0.1) is 0 Å². The summed E-state index contributed by atoms with van der Waals surface area (Å²) in [5, 5.41) is 19.9. The average molecular weight is 313 g/mol. The zero-order valence-corrected chi connectivity index (χ0v) is 11.7. The first kappa shape index (κ1) is 16.3. The Balaban J connectivity index is 2.53. The Kier molecular flexibility index (Phi) is 4.43. The predicted octanol–water partition coefficient (Wildman–Crippen LogP) is -2.47. The van der Waals surface area contributed by atoms with Crippen molar-refractivity contribution in [2.75, 3.05) is 12.4 Å². The standard InChI is InChI=1S/C12H16FN5O4/c1-6(19)7-8(20)12(15,3-2-4-13)9(22-7)18-5-16-10(14)17-11(18)21/h5-9,19-20H,4,15H2,1H3,(H2,14,17,21)/t6-,7+,8?,9+,12+/m0/s1. The first-order valence-electron chi connectivity index (χ1n) is 6.38. The fourth-order valence-electron chi connectivity index (χ4n) is 2.27. The summed E-state index contributed by atoms with van der Waals surface area (Å²) in [5.74, 6) is 4.21. The summed E-state index contributed by atoms with van der Waals surface area (Å²) >= 11 is 0. The number of aliphatic hydroxyl groups excluding tert-OH is 2. The van der Waals surface area contributed by atoms with Gasteiger partial charge in [-0.2, -0.15) is 4.98 Å². The van der Waals surface area contributed by atoms with Gasteiger partial charge in [0.25, 0.3) is 0 Å². The van der Waals surface area contributed by atoms with Gasteiger partial charge in [-0.05, 0) is 6.92 Å². The van der Waals surface area contributed by atoms with Crippen molar-refractivity contribution in [2.24, 2.45) is 5.73 Å². The number of ether oxygens (including phenoxy) is 1. The number of rotatable bonds is 2. The largest absolute Gasteiger partial charge is 0.391 e. The highest BCUT2D eigenvalue weighted by Crippen LogP contribution is 2.36. The van der Waals surface area contributed by atoms with Gasteiger partial charge in [0.1, 0.15) is 25.2 Å². The highest BCUT2D eigenvalue weighted by molar-refractivity contribution is 5.26. The van der Waals surface area contributed by atoms with Crippen molar-refractivity contribution in [1.29, 1.82) is 0 Å². The summed E-state index contributed by atoms with van der Waals surface area (Å²) in [5.41, 5.74) is 8.68. The molecular weight excluding hydrogens is 297 g/mol. The molecule has 0 aromatic carbocycles. The zero-order chi connectivity index (χ0) is 16.5. The molecule has 1 unspecified atom stereocenters. The van der Waals surface area contributed by atoms with E-state index in [0.717, 1.165) is 10.9 Å². The van der Waals surface area contributed by atoms with Gasteiger partial charge in [-0.1, -0.05) is 11.8 Å². The third-order valence-electron chi connectivity index (χ3n) is 3.34. The van der Waals surface area contributed by atoms with Crippen LogP contribution in [0.15, 0.2) is 11.1 Å². The molecule has 2 heterocycles. The highest BCUT2D eigenvalue weighted by atomic mass is 19.1. The minimum atomic E-state index is -1.82. The third kappa shape index (κ3) is 2.67. The van der Waals surface area contributed by atoms with Crippen LogP contribution in [0.4, 0.5) is 10.3 Å². The zero-order valence-electron chi connectivity index (χ0n) is 11.7. The molecule has 120 valence electrons. The normalized spacial score (nSPS) is 32.3. The Morgan fingerprint density at radius 1 is 1.68 bits per heavy atom. The molecule has 1 aromatic rings. The van der Waals surface area contributed by atoms with Crippen molar-refractivity contribution >= 4 is 5.95 Å². The molecule has 1 fully saturated rings. The van der Waals surface area contributed by atoms with Gasteiger partial charge in [0.2, 0.25) is 5.95 Å². The summed E-state index contributed by atoms with van der Waals surface area (Å²) in [7, 11) is 0. The van der Waals surface area contributed by atoms with E-state index < -0.39 is 42.4 Å². The highest BCUT2D eigenvalue weighted by Gasteiger charge is 2.56. The third-order valence-corrected chi connectivity index (χ3v) is 3.34. The number of anilines is 1. The topological polar surface area (TPSA) is 150 Å². The molecule has 1 saturated heterocycles. The van der Waals surface area contributed by atoms with E-state index in [0.29, 0.717) is 0 Å². The quantitative estimate of drug-likeness (QED) is 0.439.